The monoisotopic (exact) mass is 347 g/mol. The second-order valence-electron chi connectivity index (χ2n) is 5.62. The number of nitrogens with one attached hydrogen (secondary N) is 1. The van der Waals surface area contributed by atoms with Crippen molar-refractivity contribution in [2.24, 2.45) is 5.92 Å². The van der Waals surface area contributed by atoms with E-state index >= 15 is 0 Å². The molecule has 134 valence electrons. The van der Waals surface area contributed by atoms with Gasteiger partial charge in [-0.2, -0.15) is 13.2 Å². The van der Waals surface area contributed by atoms with Crippen LogP contribution in [0.25, 0.3) is 0 Å². The summed E-state index contributed by atoms with van der Waals surface area (Å²) in [6.07, 6.45) is -4.88. The molecule has 8 heteroatoms. The number of alkyl halides is 3. The van der Waals surface area contributed by atoms with Crippen LogP contribution in [0.4, 0.5) is 18.0 Å². The van der Waals surface area contributed by atoms with E-state index in [-0.39, 0.29) is 12.5 Å². The third-order valence-corrected chi connectivity index (χ3v) is 3.14. The highest BCUT2D eigenvalue weighted by Crippen LogP contribution is 2.29. The number of methoxy groups -OCH3 is 1. The average Bonchev–Trinajstić information content (AvgIpc) is 2.50. The van der Waals surface area contributed by atoms with E-state index in [1.807, 2.05) is 13.8 Å². The van der Waals surface area contributed by atoms with Crippen LogP contribution in [0.5, 0.6) is 0 Å². The predicted octanol–water partition coefficient (Wildman–Crippen LogP) is 3.52. The number of hydrogen-bond donors (Lipinski definition) is 1. The van der Waals surface area contributed by atoms with Gasteiger partial charge in [-0.05, 0) is 30.0 Å². The molecule has 1 amide bonds. The fourth-order valence-corrected chi connectivity index (χ4v) is 1.95. The number of ether oxygens (including phenoxy) is 2. The van der Waals surface area contributed by atoms with Crippen molar-refractivity contribution in [1.82, 2.24) is 5.32 Å². The Morgan fingerprint density at radius 1 is 1.17 bits per heavy atom. The first-order valence-electron chi connectivity index (χ1n) is 7.30. The van der Waals surface area contributed by atoms with Gasteiger partial charge in [0.1, 0.15) is 12.6 Å². The van der Waals surface area contributed by atoms with Crippen LogP contribution >= 0.6 is 0 Å². The molecule has 0 aromatic heterocycles. The van der Waals surface area contributed by atoms with Crippen LogP contribution in [-0.2, 0) is 27.1 Å². The molecule has 0 bridgehead atoms. The molecule has 1 aromatic rings. The van der Waals surface area contributed by atoms with Gasteiger partial charge in [0, 0.05) is 0 Å². The number of rotatable bonds is 6. The Bertz CT molecular complexity index is 555. The van der Waals surface area contributed by atoms with Crippen LogP contribution < -0.4 is 5.32 Å². The highest BCUT2D eigenvalue weighted by molar-refractivity contribution is 5.81. The lowest BCUT2D eigenvalue weighted by molar-refractivity contribution is -0.143. The second kappa shape index (κ2) is 8.56. The highest BCUT2D eigenvalue weighted by Gasteiger charge is 2.30. The molecule has 0 heterocycles. The number of carbonyl (C=O) groups excluding carboxylic acids is 2. The molecule has 5 nitrogen and oxygen atoms in total. The molecule has 0 saturated heterocycles. The Hall–Kier alpha value is -2.25. The summed E-state index contributed by atoms with van der Waals surface area (Å²) in [5, 5.41) is 2.39. The largest absolute Gasteiger partial charge is 0.467 e. The third kappa shape index (κ3) is 6.47. The minimum absolute atomic E-state index is 0.143. The first-order chi connectivity index (χ1) is 11.1. The van der Waals surface area contributed by atoms with Crippen LogP contribution in [0.15, 0.2) is 24.3 Å². The Labute approximate surface area is 138 Å². The maximum atomic E-state index is 12.5. The van der Waals surface area contributed by atoms with Crippen LogP contribution in [-0.4, -0.2) is 25.2 Å². The molecule has 0 spiro atoms. The molecule has 0 unspecified atom stereocenters. The number of hydrogen-bond acceptors (Lipinski definition) is 4. The normalized spacial score (nSPS) is 12.6. The number of carbonyl (C=O) groups is 2. The first-order valence-corrected chi connectivity index (χ1v) is 7.30. The van der Waals surface area contributed by atoms with Gasteiger partial charge in [-0.3, -0.25) is 0 Å². The predicted molar refractivity (Wildman–Crippen MR) is 80.0 cm³/mol. The van der Waals surface area contributed by atoms with Gasteiger partial charge in [0.05, 0.1) is 12.7 Å². The minimum atomic E-state index is -4.42. The maximum absolute atomic E-state index is 12.5. The van der Waals surface area contributed by atoms with Crippen molar-refractivity contribution < 1.29 is 32.2 Å². The molecule has 0 aliphatic heterocycles. The van der Waals surface area contributed by atoms with E-state index in [0.717, 1.165) is 12.1 Å². The summed E-state index contributed by atoms with van der Waals surface area (Å²) in [6.45, 7) is 3.55. The van der Waals surface area contributed by atoms with E-state index in [4.69, 9.17) is 4.74 Å². The zero-order valence-corrected chi connectivity index (χ0v) is 13.6. The fraction of sp³-hybridized carbons (Fsp3) is 0.500. The highest BCUT2D eigenvalue weighted by atomic mass is 19.4. The van der Waals surface area contributed by atoms with Gasteiger partial charge < -0.3 is 14.8 Å². The molecule has 1 N–H and O–H groups in total. The Kier molecular flexibility index (Phi) is 7.06. The Balaban J connectivity index is 2.57. The molecule has 0 radical (unpaired) electrons. The van der Waals surface area contributed by atoms with Crippen LogP contribution in [0.1, 0.15) is 31.4 Å². The van der Waals surface area contributed by atoms with E-state index in [1.54, 1.807) is 0 Å². The molecule has 0 aliphatic carbocycles. The number of halogens is 3. The third-order valence-electron chi connectivity index (χ3n) is 3.14. The molecule has 1 aromatic carbocycles. The van der Waals surface area contributed by atoms with Gasteiger partial charge >= 0.3 is 18.2 Å². The van der Waals surface area contributed by atoms with Crippen LogP contribution in [0.3, 0.4) is 0 Å². The number of esters is 1. The van der Waals surface area contributed by atoms with Crippen molar-refractivity contribution in [3.63, 3.8) is 0 Å². The standard InChI is InChI=1S/C16H20F3NO4/c1-10(2)8-13(14(21)23-3)20-15(22)24-9-11-4-6-12(7-5-11)16(17,18)19/h4-7,10,13H,8-9H2,1-3H3,(H,20,22)/t13-/m0/s1. The molecule has 24 heavy (non-hydrogen) atoms. The summed E-state index contributed by atoms with van der Waals surface area (Å²) in [5.41, 5.74) is -0.380. The van der Waals surface area contributed by atoms with Crippen molar-refractivity contribution in [1.29, 1.82) is 0 Å². The van der Waals surface area contributed by atoms with E-state index in [0.29, 0.717) is 12.0 Å². The van der Waals surface area contributed by atoms with E-state index in [1.165, 1.54) is 19.2 Å². The van der Waals surface area contributed by atoms with Gasteiger partial charge in [0.2, 0.25) is 0 Å². The molecular weight excluding hydrogens is 327 g/mol. The van der Waals surface area contributed by atoms with Crippen LogP contribution in [0.2, 0.25) is 0 Å². The number of alkyl carbamates (subject to hydrolysis) is 1. The Morgan fingerprint density at radius 2 is 1.75 bits per heavy atom. The molecule has 1 atom stereocenters. The van der Waals surface area contributed by atoms with Crippen molar-refractivity contribution >= 4 is 12.1 Å². The number of amides is 1. The zero-order chi connectivity index (χ0) is 18.3. The summed E-state index contributed by atoms with van der Waals surface area (Å²) in [4.78, 5) is 23.3. The van der Waals surface area contributed by atoms with Gasteiger partial charge in [0.25, 0.3) is 0 Å². The summed E-state index contributed by atoms with van der Waals surface area (Å²) >= 11 is 0. The fourth-order valence-electron chi connectivity index (χ4n) is 1.95. The van der Waals surface area contributed by atoms with Crippen molar-refractivity contribution in [3.8, 4) is 0 Å². The van der Waals surface area contributed by atoms with Crippen LogP contribution in [0, 0.1) is 5.92 Å². The lowest BCUT2D eigenvalue weighted by atomic mass is 10.0. The average molecular weight is 347 g/mol. The first kappa shape index (κ1) is 19.8. The maximum Gasteiger partial charge on any atom is 0.416 e. The van der Waals surface area contributed by atoms with Crippen molar-refractivity contribution in [2.45, 2.75) is 39.1 Å². The molecule has 0 saturated carbocycles. The quantitative estimate of drug-likeness (QED) is 0.800. The van der Waals surface area contributed by atoms with Crippen molar-refractivity contribution in [2.75, 3.05) is 7.11 Å². The summed E-state index contributed by atoms with van der Waals surface area (Å²) in [5.74, 6) is -0.445. The summed E-state index contributed by atoms with van der Waals surface area (Å²) in [6, 6.07) is 3.43. The van der Waals surface area contributed by atoms with E-state index in [9.17, 15) is 22.8 Å². The Morgan fingerprint density at radius 3 is 2.21 bits per heavy atom. The lowest BCUT2D eigenvalue weighted by Gasteiger charge is -2.18. The van der Waals surface area contributed by atoms with Crippen molar-refractivity contribution in [3.05, 3.63) is 35.4 Å². The molecular formula is C16H20F3NO4. The van der Waals surface area contributed by atoms with Gasteiger partial charge in [-0.25, -0.2) is 9.59 Å². The molecule has 0 fully saturated rings. The van der Waals surface area contributed by atoms with E-state index < -0.39 is 29.8 Å². The summed E-state index contributed by atoms with van der Waals surface area (Å²) in [7, 11) is 1.21. The van der Waals surface area contributed by atoms with E-state index in [2.05, 4.69) is 10.1 Å². The van der Waals surface area contributed by atoms with Gasteiger partial charge in [0.15, 0.2) is 0 Å². The SMILES string of the molecule is COC(=O)[C@H](CC(C)C)NC(=O)OCc1ccc(C(F)(F)F)cc1. The van der Waals surface area contributed by atoms with Gasteiger partial charge in [-0.15, -0.1) is 0 Å². The lowest BCUT2D eigenvalue weighted by Crippen LogP contribution is -2.42. The smallest absolute Gasteiger partial charge is 0.416 e. The second-order valence-corrected chi connectivity index (χ2v) is 5.62. The minimum Gasteiger partial charge on any atom is -0.467 e. The van der Waals surface area contributed by atoms with Gasteiger partial charge in [-0.1, -0.05) is 26.0 Å². The number of benzene rings is 1. The molecule has 0 aliphatic rings. The zero-order valence-electron chi connectivity index (χ0n) is 13.6. The summed E-state index contributed by atoms with van der Waals surface area (Å²) < 4.78 is 46.9. The topological polar surface area (TPSA) is 64.6 Å². The molecule has 1 rings (SSSR count).